The maximum Gasteiger partial charge on any atom is 0.310 e. The van der Waals surface area contributed by atoms with Crippen LogP contribution in [0.15, 0.2) is 18.2 Å². The molecule has 0 aliphatic carbocycles. The van der Waals surface area contributed by atoms with E-state index in [2.05, 4.69) is 0 Å². The number of fused-ring (bicyclic) bond motifs is 1. The number of likely N-dealkylation sites (N-methyl/N-ethyl adjacent to an activating group) is 1. The van der Waals surface area contributed by atoms with Crippen LogP contribution < -0.4 is 0 Å². The molecule has 2 aliphatic heterocycles. The highest BCUT2D eigenvalue weighted by atomic mass is 16.5. The largest absolute Gasteiger partial charge is 0.466 e. The Morgan fingerprint density at radius 3 is 2.59 bits per heavy atom. The van der Waals surface area contributed by atoms with E-state index in [1.807, 2.05) is 6.92 Å². The Morgan fingerprint density at radius 1 is 1.16 bits per heavy atom. The number of carbonyl (C=O) groups is 5. The lowest BCUT2D eigenvalue weighted by atomic mass is 9.98. The molecule has 3 rings (SSSR count). The van der Waals surface area contributed by atoms with Gasteiger partial charge in [0, 0.05) is 33.1 Å². The van der Waals surface area contributed by atoms with Gasteiger partial charge in [0.1, 0.15) is 0 Å². The lowest BCUT2D eigenvalue weighted by Gasteiger charge is -2.32. The van der Waals surface area contributed by atoms with E-state index in [4.69, 9.17) is 4.74 Å². The third kappa shape index (κ3) is 4.98. The molecule has 1 saturated heterocycles. The van der Waals surface area contributed by atoms with Gasteiger partial charge in [-0.25, -0.2) is 0 Å². The van der Waals surface area contributed by atoms with Crippen LogP contribution in [-0.2, 0) is 19.1 Å². The third-order valence-electron chi connectivity index (χ3n) is 5.87. The van der Waals surface area contributed by atoms with Crippen LogP contribution >= 0.6 is 0 Å². The quantitative estimate of drug-likeness (QED) is 0.464. The molecule has 0 aromatic heterocycles. The van der Waals surface area contributed by atoms with Crippen LogP contribution in [0, 0.1) is 12.8 Å². The van der Waals surface area contributed by atoms with Gasteiger partial charge in [0.15, 0.2) is 0 Å². The first-order valence-corrected chi connectivity index (χ1v) is 10.9. The average Bonchev–Trinajstić information content (AvgIpc) is 3.01. The van der Waals surface area contributed by atoms with Gasteiger partial charge in [-0.3, -0.25) is 28.9 Å². The molecule has 9 heteroatoms. The second-order valence-electron chi connectivity index (χ2n) is 8.24. The molecule has 2 aliphatic rings. The van der Waals surface area contributed by atoms with Crippen LogP contribution in [0.5, 0.6) is 0 Å². The first-order chi connectivity index (χ1) is 15.2. The van der Waals surface area contributed by atoms with E-state index in [-0.39, 0.29) is 49.8 Å². The number of hydrogen-bond donors (Lipinski definition) is 0. The molecule has 32 heavy (non-hydrogen) atoms. The summed E-state index contributed by atoms with van der Waals surface area (Å²) in [7, 11) is 1.51. The highest BCUT2D eigenvalue weighted by Gasteiger charge is 2.36. The third-order valence-corrected chi connectivity index (χ3v) is 5.87. The number of nitrogens with zero attached hydrogens (tertiary/aromatic N) is 3. The van der Waals surface area contributed by atoms with Gasteiger partial charge in [-0.15, -0.1) is 0 Å². The zero-order chi connectivity index (χ0) is 23.4. The minimum atomic E-state index is -0.408. The molecule has 9 nitrogen and oxygen atoms in total. The second-order valence-corrected chi connectivity index (χ2v) is 8.24. The summed E-state index contributed by atoms with van der Waals surface area (Å²) < 4.78 is 5.06. The molecule has 0 bridgehead atoms. The number of benzene rings is 1. The van der Waals surface area contributed by atoms with Crippen molar-refractivity contribution in [3.8, 4) is 0 Å². The molecule has 0 saturated carbocycles. The summed E-state index contributed by atoms with van der Waals surface area (Å²) in [6.45, 7) is 4.53. The van der Waals surface area contributed by atoms with Crippen molar-refractivity contribution < 1.29 is 28.7 Å². The zero-order valence-electron chi connectivity index (χ0n) is 18.8. The number of imide groups is 1. The van der Waals surface area contributed by atoms with E-state index in [0.717, 1.165) is 10.5 Å². The number of hydrogen-bond acceptors (Lipinski definition) is 6. The molecule has 1 aromatic rings. The molecule has 0 spiro atoms. The van der Waals surface area contributed by atoms with Crippen molar-refractivity contribution in [1.82, 2.24) is 14.7 Å². The number of piperidine rings is 1. The van der Waals surface area contributed by atoms with E-state index in [1.54, 1.807) is 30.0 Å². The number of esters is 1. The van der Waals surface area contributed by atoms with Gasteiger partial charge >= 0.3 is 5.97 Å². The smallest absolute Gasteiger partial charge is 0.310 e. The molecule has 0 N–H and O–H groups in total. The topological polar surface area (TPSA) is 104 Å². The summed E-state index contributed by atoms with van der Waals surface area (Å²) in [5, 5.41) is 0. The molecule has 4 amide bonds. The Balaban J connectivity index is 1.51. The molecule has 2 heterocycles. The molecule has 1 aromatic carbocycles. The predicted molar refractivity (Wildman–Crippen MR) is 115 cm³/mol. The Bertz CT molecular complexity index is 944. The summed E-state index contributed by atoms with van der Waals surface area (Å²) in [5.74, 6) is -2.04. The first-order valence-electron chi connectivity index (χ1n) is 10.9. The van der Waals surface area contributed by atoms with Gasteiger partial charge in [0.2, 0.25) is 11.8 Å². The van der Waals surface area contributed by atoms with Crippen molar-refractivity contribution in [1.29, 1.82) is 0 Å². The molecule has 0 radical (unpaired) electrons. The van der Waals surface area contributed by atoms with Crippen LogP contribution in [0.1, 0.15) is 52.5 Å². The summed E-state index contributed by atoms with van der Waals surface area (Å²) in [4.78, 5) is 66.2. The van der Waals surface area contributed by atoms with Crippen LogP contribution in [0.25, 0.3) is 0 Å². The fraction of sp³-hybridized carbons (Fsp3) is 0.522. The molecule has 1 atom stereocenters. The number of amides is 4. The van der Waals surface area contributed by atoms with Crippen LogP contribution in [0.2, 0.25) is 0 Å². The number of rotatable bonds is 7. The van der Waals surface area contributed by atoms with Crippen molar-refractivity contribution in [3.63, 3.8) is 0 Å². The lowest BCUT2D eigenvalue weighted by Crippen LogP contribution is -2.47. The van der Waals surface area contributed by atoms with Crippen LogP contribution in [-0.4, -0.2) is 84.1 Å². The Labute approximate surface area is 187 Å². The van der Waals surface area contributed by atoms with Crippen LogP contribution in [0.3, 0.4) is 0 Å². The number of aryl methyl sites for hydroxylation is 1. The monoisotopic (exact) mass is 443 g/mol. The van der Waals surface area contributed by atoms with Gasteiger partial charge in [0.25, 0.3) is 11.8 Å². The number of ether oxygens (including phenoxy) is 1. The lowest BCUT2D eigenvalue weighted by molar-refractivity contribution is -0.152. The Morgan fingerprint density at radius 2 is 1.88 bits per heavy atom. The maximum absolute atomic E-state index is 12.6. The van der Waals surface area contributed by atoms with E-state index in [9.17, 15) is 24.0 Å². The van der Waals surface area contributed by atoms with Gasteiger partial charge in [-0.1, -0.05) is 11.6 Å². The first kappa shape index (κ1) is 23.4. The summed E-state index contributed by atoms with van der Waals surface area (Å²) in [5.41, 5.74) is 1.58. The van der Waals surface area contributed by atoms with Gasteiger partial charge in [-0.2, -0.15) is 0 Å². The maximum atomic E-state index is 12.6. The second kappa shape index (κ2) is 9.93. The zero-order valence-corrected chi connectivity index (χ0v) is 18.8. The molecular formula is C23H29N3O6. The number of likely N-dealkylation sites (tertiary alicyclic amines) is 1. The van der Waals surface area contributed by atoms with Crippen molar-refractivity contribution >= 4 is 29.6 Å². The molecule has 172 valence electrons. The summed E-state index contributed by atoms with van der Waals surface area (Å²) in [6.07, 6.45) is 1.31. The van der Waals surface area contributed by atoms with Crippen LogP contribution in [0.4, 0.5) is 0 Å². The predicted octanol–water partition coefficient (Wildman–Crippen LogP) is 1.24. The van der Waals surface area contributed by atoms with E-state index in [0.29, 0.717) is 37.1 Å². The SMILES string of the molecule is CCOC(=O)C1CCCN(C(=O)CN(C)C(=O)CCN2C(=O)c3ccc(C)cc3C2=O)C1. The molecule has 1 unspecified atom stereocenters. The standard InChI is InChI=1S/C23H29N3O6/c1-4-32-23(31)16-6-5-10-25(13-16)20(28)14-24(3)19(27)9-11-26-21(29)17-8-7-15(2)12-18(17)22(26)30/h7-8,12,16H,4-6,9-11,13-14H2,1-3H3. The van der Waals surface area contributed by atoms with Gasteiger partial charge in [0.05, 0.1) is 30.2 Å². The minimum absolute atomic E-state index is 0.0442. The summed E-state index contributed by atoms with van der Waals surface area (Å²) >= 11 is 0. The highest BCUT2D eigenvalue weighted by molar-refractivity contribution is 6.21. The van der Waals surface area contributed by atoms with Crippen molar-refractivity contribution in [3.05, 3.63) is 34.9 Å². The van der Waals surface area contributed by atoms with Crippen molar-refractivity contribution in [2.75, 3.05) is 39.8 Å². The van der Waals surface area contributed by atoms with Gasteiger partial charge in [-0.05, 0) is 38.8 Å². The average molecular weight is 444 g/mol. The minimum Gasteiger partial charge on any atom is -0.466 e. The summed E-state index contributed by atoms with van der Waals surface area (Å²) in [6, 6.07) is 5.06. The fourth-order valence-electron chi connectivity index (χ4n) is 4.05. The van der Waals surface area contributed by atoms with Crippen molar-refractivity contribution in [2.45, 2.75) is 33.1 Å². The number of carbonyl (C=O) groups excluding carboxylic acids is 5. The Hall–Kier alpha value is -3.23. The molecule has 1 fully saturated rings. The van der Waals surface area contributed by atoms with E-state index < -0.39 is 11.8 Å². The fourth-order valence-corrected chi connectivity index (χ4v) is 4.05. The van der Waals surface area contributed by atoms with Crippen molar-refractivity contribution in [2.24, 2.45) is 5.92 Å². The molecular weight excluding hydrogens is 414 g/mol. The van der Waals surface area contributed by atoms with E-state index >= 15 is 0 Å². The normalized spacial score (nSPS) is 17.9. The van der Waals surface area contributed by atoms with Gasteiger partial charge < -0.3 is 14.5 Å². The Kier molecular flexibility index (Phi) is 7.27. The highest BCUT2D eigenvalue weighted by Crippen LogP contribution is 2.24. The van der Waals surface area contributed by atoms with E-state index in [1.165, 1.54) is 11.9 Å².